The topological polar surface area (TPSA) is 54.0 Å². The number of nitrogens with one attached hydrogen (secondary N) is 2. The summed E-state index contributed by atoms with van der Waals surface area (Å²) in [6.07, 6.45) is 4.33. The van der Waals surface area contributed by atoms with Crippen molar-refractivity contribution in [2.75, 3.05) is 19.6 Å². The molecule has 2 N–H and O–H groups in total. The first kappa shape index (κ1) is 16.1. The molecule has 1 aromatic carbocycles. The van der Waals surface area contributed by atoms with Crippen molar-refractivity contribution in [3.63, 3.8) is 0 Å². The van der Waals surface area contributed by atoms with Crippen LogP contribution < -0.4 is 10.6 Å². The monoisotopic (exact) mass is 329 g/mol. The maximum absolute atomic E-state index is 12.2. The highest BCUT2D eigenvalue weighted by atomic mass is 32.1. The van der Waals surface area contributed by atoms with Crippen LogP contribution in [-0.2, 0) is 6.42 Å². The Morgan fingerprint density at radius 3 is 3.00 bits per heavy atom. The van der Waals surface area contributed by atoms with E-state index < -0.39 is 0 Å². The van der Waals surface area contributed by atoms with Crippen molar-refractivity contribution < 1.29 is 4.79 Å². The van der Waals surface area contributed by atoms with E-state index in [9.17, 15) is 4.79 Å². The van der Waals surface area contributed by atoms with Gasteiger partial charge in [-0.25, -0.2) is 4.98 Å². The lowest BCUT2D eigenvalue weighted by molar-refractivity contribution is 0.0946. The van der Waals surface area contributed by atoms with Gasteiger partial charge < -0.3 is 10.6 Å². The Kier molecular flexibility index (Phi) is 5.77. The first-order valence-corrected chi connectivity index (χ1v) is 9.16. The predicted molar refractivity (Wildman–Crippen MR) is 93.9 cm³/mol. The van der Waals surface area contributed by atoms with E-state index in [1.54, 1.807) is 11.3 Å². The zero-order valence-electron chi connectivity index (χ0n) is 13.3. The molecule has 1 aliphatic rings. The molecule has 2 aromatic rings. The van der Waals surface area contributed by atoms with Crippen LogP contribution in [0.3, 0.4) is 0 Å². The molecule has 4 nitrogen and oxygen atoms in total. The van der Waals surface area contributed by atoms with Gasteiger partial charge in [0, 0.05) is 18.3 Å². The molecule has 1 saturated heterocycles. The minimum absolute atomic E-state index is 0.0515. The van der Waals surface area contributed by atoms with Crippen molar-refractivity contribution >= 4 is 17.2 Å². The van der Waals surface area contributed by atoms with Crippen molar-refractivity contribution in [1.29, 1.82) is 0 Å². The fourth-order valence-corrected chi connectivity index (χ4v) is 3.73. The van der Waals surface area contributed by atoms with Gasteiger partial charge >= 0.3 is 0 Å². The second kappa shape index (κ2) is 8.22. The van der Waals surface area contributed by atoms with Gasteiger partial charge in [0.15, 0.2) is 0 Å². The van der Waals surface area contributed by atoms with Crippen LogP contribution in [0.15, 0.2) is 35.7 Å². The molecule has 0 aliphatic carbocycles. The van der Waals surface area contributed by atoms with E-state index in [1.165, 1.54) is 18.4 Å². The van der Waals surface area contributed by atoms with Crippen molar-refractivity contribution in [1.82, 2.24) is 15.6 Å². The Balaban J connectivity index is 1.46. The fourth-order valence-electron chi connectivity index (χ4n) is 2.92. The highest BCUT2D eigenvalue weighted by Gasteiger charge is 2.14. The average Bonchev–Trinajstić information content (AvgIpc) is 3.05. The first-order valence-electron chi connectivity index (χ1n) is 8.28. The third-order valence-electron chi connectivity index (χ3n) is 4.22. The van der Waals surface area contributed by atoms with Gasteiger partial charge in [0.1, 0.15) is 5.69 Å². The molecule has 1 fully saturated rings. The van der Waals surface area contributed by atoms with E-state index in [0.717, 1.165) is 37.5 Å². The predicted octanol–water partition coefficient (Wildman–Crippen LogP) is 2.85. The minimum atomic E-state index is -0.0515. The number of aromatic nitrogens is 1. The number of benzene rings is 1. The molecule has 2 heterocycles. The molecular weight excluding hydrogens is 306 g/mol. The van der Waals surface area contributed by atoms with Crippen LogP contribution >= 0.6 is 11.3 Å². The number of rotatable bonds is 6. The van der Waals surface area contributed by atoms with Crippen LogP contribution in [0.4, 0.5) is 0 Å². The number of amides is 1. The summed E-state index contributed by atoms with van der Waals surface area (Å²) >= 11 is 1.55. The van der Waals surface area contributed by atoms with Crippen molar-refractivity contribution in [3.05, 3.63) is 52.0 Å². The van der Waals surface area contributed by atoms with E-state index in [2.05, 4.69) is 27.8 Å². The van der Waals surface area contributed by atoms with Gasteiger partial charge in [0.2, 0.25) is 0 Å². The van der Waals surface area contributed by atoms with Crippen LogP contribution in [0.25, 0.3) is 0 Å². The number of carbonyl (C=O) groups excluding carboxylic acids is 1. The Labute approximate surface area is 141 Å². The minimum Gasteiger partial charge on any atom is -0.351 e. The second-order valence-corrected chi connectivity index (χ2v) is 6.99. The van der Waals surface area contributed by atoms with E-state index in [1.807, 2.05) is 23.6 Å². The quantitative estimate of drug-likeness (QED) is 0.857. The van der Waals surface area contributed by atoms with E-state index >= 15 is 0 Å². The van der Waals surface area contributed by atoms with E-state index in [0.29, 0.717) is 11.6 Å². The van der Waals surface area contributed by atoms with Crippen LogP contribution in [-0.4, -0.2) is 30.5 Å². The summed E-state index contributed by atoms with van der Waals surface area (Å²) in [6, 6.07) is 10.2. The lowest BCUT2D eigenvalue weighted by Crippen LogP contribution is -2.33. The molecule has 0 saturated carbocycles. The van der Waals surface area contributed by atoms with Crippen molar-refractivity contribution in [2.24, 2.45) is 5.92 Å². The molecule has 23 heavy (non-hydrogen) atoms. The molecular formula is C18H23N3OS. The van der Waals surface area contributed by atoms with Crippen molar-refractivity contribution in [2.45, 2.75) is 25.7 Å². The summed E-state index contributed by atoms with van der Waals surface area (Å²) in [4.78, 5) is 16.6. The number of nitrogens with zero attached hydrogens (tertiary/aromatic N) is 1. The molecule has 0 spiro atoms. The zero-order valence-corrected chi connectivity index (χ0v) is 14.1. The largest absolute Gasteiger partial charge is 0.351 e. The van der Waals surface area contributed by atoms with Gasteiger partial charge in [-0.05, 0) is 43.8 Å². The standard InChI is InChI=1S/C18H23N3OS/c22-18(20-10-8-15-7-4-9-19-12-15)16-13-23-17(21-16)11-14-5-2-1-3-6-14/h1-3,5-6,13,15,19H,4,7-12H2,(H,20,22). The molecule has 0 bridgehead atoms. The smallest absolute Gasteiger partial charge is 0.270 e. The number of hydrogen-bond acceptors (Lipinski definition) is 4. The molecule has 1 amide bonds. The van der Waals surface area contributed by atoms with Gasteiger partial charge in [-0.3, -0.25) is 4.79 Å². The Hall–Kier alpha value is -1.72. The number of thiazole rings is 1. The van der Waals surface area contributed by atoms with Crippen LogP contribution in [0.1, 0.15) is 40.3 Å². The second-order valence-electron chi connectivity index (χ2n) is 6.05. The Morgan fingerprint density at radius 1 is 1.35 bits per heavy atom. The molecule has 122 valence electrons. The van der Waals surface area contributed by atoms with Crippen LogP contribution in [0, 0.1) is 5.92 Å². The van der Waals surface area contributed by atoms with Crippen LogP contribution in [0.5, 0.6) is 0 Å². The van der Waals surface area contributed by atoms with Gasteiger partial charge in [0.05, 0.1) is 5.01 Å². The maximum Gasteiger partial charge on any atom is 0.270 e. The van der Waals surface area contributed by atoms with E-state index in [4.69, 9.17) is 0 Å². The highest BCUT2D eigenvalue weighted by molar-refractivity contribution is 7.09. The van der Waals surface area contributed by atoms with Crippen molar-refractivity contribution in [3.8, 4) is 0 Å². The summed E-state index contributed by atoms with van der Waals surface area (Å²) in [5.74, 6) is 0.637. The summed E-state index contributed by atoms with van der Waals surface area (Å²) in [5.41, 5.74) is 1.77. The molecule has 1 aromatic heterocycles. The molecule has 5 heteroatoms. The average molecular weight is 329 g/mol. The van der Waals surface area contributed by atoms with Gasteiger partial charge in [-0.15, -0.1) is 11.3 Å². The van der Waals surface area contributed by atoms with Gasteiger partial charge in [-0.2, -0.15) is 0 Å². The molecule has 1 unspecified atom stereocenters. The molecule has 0 radical (unpaired) electrons. The van der Waals surface area contributed by atoms with Gasteiger partial charge in [-0.1, -0.05) is 30.3 Å². The fraction of sp³-hybridized carbons (Fsp3) is 0.444. The molecule has 1 atom stereocenters. The third-order valence-corrected chi connectivity index (χ3v) is 5.07. The summed E-state index contributed by atoms with van der Waals surface area (Å²) in [6.45, 7) is 2.94. The lowest BCUT2D eigenvalue weighted by atomic mass is 9.96. The first-order chi connectivity index (χ1) is 11.3. The van der Waals surface area contributed by atoms with Crippen LogP contribution in [0.2, 0.25) is 0 Å². The van der Waals surface area contributed by atoms with Gasteiger partial charge in [0.25, 0.3) is 5.91 Å². The third kappa shape index (κ3) is 4.88. The summed E-state index contributed by atoms with van der Waals surface area (Å²) < 4.78 is 0. The number of hydrogen-bond donors (Lipinski definition) is 2. The summed E-state index contributed by atoms with van der Waals surface area (Å²) in [5, 5.41) is 9.25. The number of piperidine rings is 1. The normalized spacial score (nSPS) is 17.8. The molecule has 3 rings (SSSR count). The Bertz CT molecular complexity index is 620. The highest BCUT2D eigenvalue weighted by Crippen LogP contribution is 2.15. The Morgan fingerprint density at radius 2 is 2.22 bits per heavy atom. The number of carbonyl (C=O) groups is 1. The lowest BCUT2D eigenvalue weighted by Gasteiger charge is -2.22. The SMILES string of the molecule is O=C(NCCC1CCCNC1)c1csc(Cc2ccccc2)n1. The maximum atomic E-state index is 12.2. The summed E-state index contributed by atoms with van der Waals surface area (Å²) in [7, 11) is 0. The van der Waals surface area contributed by atoms with E-state index in [-0.39, 0.29) is 5.91 Å². The zero-order chi connectivity index (χ0) is 15.9. The molecule has 1 aliphatic heterocycles.